The number of fused-ring (bicyclic) bond motifs is 1. The van der Waals surface area contributed by atoms with E-state index in [4.69, 9.17) is 9.47 Å². The number of carbonyl (C=O) groups excluding carboxylic acids is 1. The summed E-state index contributed by atoms with van der Waals surface area (Å²) in [6.07, 6.45) is 1.43. The number of benzene rings is 1. The van der Waals surface area contributed by atoms with Crippen LogP contribution >= 0.6 is 0 Å². The fraction of sp³-hybridized carbons (Fsp3) is 0.474. The second-order valence-electron chi connectivity index (χ2n) is 6.80. The van der Waals surface area contributed by atoms with Gasteiger partial charge < -0.3 is 14.4 Å². The van der Waals surface area contributed by atoms with Crippen molar-refractivity contribution in [2.45, 2.75) is 45.4 Å². The van der Waals surface area contributed by atoms with Crippen LogP contribution in [0.25, 0.3) is 0 Å². The third kappa shape index (κ3) is 3.08. The number of amides is 1. The van der Waals surface area contributed by atoms with Crippen molar-refractivity contribution in [2.75, 3.05) is 13.2 Å². The topological polar surface area (TPSA) is 56.6 Å². The maximum absolute atomic E-state index is 13.0. The number of rotatable bonds is 3. The highest BCUT2D eigenvalue weighted by atomic mass is 16.6. The van der Waals surface area contributed by atoms with Gasteiger partial charge in [-0.1, -0.05) is 12.1 Å². The van der Waals surface area contributed by atoms with Crippen molar-refractivity contribution in [1.82, 2.24) is 14.7 Å². The second-order valence-corrected chi connectivity index (χ2v) is 6.80. The number of nitrogens with zero attached hydrogens (tertiary/aromatic N) is 3. The van der Waals surface area contributed by atoms with Gasteiger partial charge >= 0.3 is 0 Å². The molecule has 1 fully saturated rings. The van der Waals surface area contributed by atoms with Gasteiger partial charge in [-0.3, -0.25) is 9.48 Å². The van der Waals surface area contributed by atoms with Crippen LogP contribution in [0.5, 0.6) is 11.5 Å². The van der Waals surface area contributed by atoms with Crippen LogP contribution in [-0.2, 0) is 11.3 Å². The lowest BCUT2D eigenvalue weighted by molar-refractivity contribution is -0.142. The van der Waals surface area contributed by atoms with Crippen molar-refractivity contribution in [3.05, 3.63) is 41.7 Å². The molecule has 25 heavy (non-hydrogen) atoms. The van der Waals surface area contributed by atoms with E-state index in [-0.39, 0.29) is 18.6 Å². The fourth-order valence-corrected chi connectivity index (χ4v) is 3.70. The zero-order valence-electron chi connectivity index (χ0n) is 14.6. The standard InChI is InChI=1S/C19H23N3O3/c1-13-10-14(2)22(20-13)11-15-6-5-9-21(15)19(23)18-12-24-16-7-3-4-8-17(16)25-18/h3-4,7-8,10,15,18H,5-6,9,11-12H2,1-2H3/t15-,18-/m1/s1. The Bertz CT molecular complexity index is 786. The summed E-state index contributed by atoms with van der Waals surface area (Å²) in [4.78, 5) is 14.9. The molecule has 2 atom stereocenters. The van der Waals surface area contributed by atoms with Crippen LogP contribution in [0.4, 0.5) is 0 Å². The molecule has 6 heteroatoms. The van der Waals surface area contributed by atoms with Gasteiger partial charge in [-0.2, -0.15) is 5.10 Å². The first-order valence-electron chi connectivity index (χ1n) is 8.82. The Morgan fingerprint density at radius 2 is 2.08 bits per heavy atom. The summed E-state index contributed by atoms with van der Waals surface area (Å²) in [6.45, 7) is 5.81. The van der Waals surface area contributed by atoms with E-state index in [9.17, 15) is 4.79 Å². The Morgan fingerprint density at radius 3 is 2.84 bits per heavy atom. The lowest BCUT2D eigenvalue weighted by Crippen LogP contribution is -2.49. The molecule has 1 saturated heterocycles. The molecule has 4 rings (SSSR count). The van der Waals surface area contributed by atoms with Crippen molar-refractivity contribution in [1.29, 1.82) is 0 Å². The summed E-state index contributed by atoms with van der Waals surface area (Å²) in [6, 6.07) is 9.71. The SMILES string of the molecule is Cc1cc(C)n(C[C@H]2CCCN2C(=O)[C@H]2COc3ccccc3O2)n1. The van der Waals surface area contributed by atoms with Crippen LogP contribution in [0, 0.1) is 13.8 Å². The van der Waals surface area contributed by atoms with Gasteiger partial charge in [0.05, 0.1) is 18.3 Å². The Labute approximate surface area is 147 Å². The van der Waals surface area contributed by atoms with Gasteiger partial charge in [0, 0.05) is 12.2 Å². The highest BCUT2D eigenvalue weighted by Crippen LogP contribution is 2.32. The third-order valence-corrected chi connectivity index (χ3v) is 4.93. The molecule has 132 valence electrons. The average molecular weight is 341 g/mol. The lowest BCUT2D eigenvalue weighted by Gasteiger charge is -2.31. The molecule has 0 saturated carbocycles. The predicted molar refractivity (Wildman–Crippen MR) is 92.8 cm³/mol. The average Bonchev–Trinajstić information content (AvgIpc) is 3.20. The number of ether oxygens (including phenoxy) is 2. The van der Waals surface area contributed by atoms with E-state index in [1.165, 1.54) is 0 Å². The Morgan fingerprint density at radius 1 is 1.28 bits per heavy atom. The normalized spacial score (nSPS) is 22.2. The first-order valence-corrected chi connectivity index (χ1v) is 8.82. The van der Waals surface area contributed by atoms with E-state index in [1.807, 2.05) is 40.8 Å². The Balaban J connectivity index is 1.47. The number of aromatic nitrogens is 2. The van der Waals surface area contributed by atoms with Crippen LogP contribution < -0.4 is 9.47 Å². The molecule has 2 aliphatic heterocycles. The summed E-state index contributed by atoms with van der Waals surface area (Å²) < 4.78 is 13.6. The van der Waals surface area contributed by atoms with Gasteiger partial charge in [-0.05, 0) is 44.9 Å². The molecule has 2 aliphatic rings. The molecule has 1 aromatic heterocycles. The van der Waals surface area contributed by atoms with Crippen LogP contribution in [0.3, 0.4) is 0 Å². The number of hydrogen-bond acceptors (Lipinski definition) is 4. The number of likely N-dealkylation sites (tertiary alicyclic amines) is 1. The van der Waals surface area contributed by atoms with Crippen LogP contribution in [0.1, 0.15) is 24.2 Å². The fourth-order valence-electron chi connectivity index (χ4n) is 3.70. The smallest absolute Gasteiger partial charge is 0.267 e. The molecular formula is C19H23N3O3. The van der Waals surface area contributed by atoms with E-state index in [1.54, 1.807) is 0 Å². The molecule has 0 N–H and O–H groups in total. The molecule has 0 unspecified atom stereocenters. The molecular weight excluding hydrogens is 318 g/mol. The largest absolute Gasteiger partial charge is 0.485 e. The minimum absolute atomic E-state index is 0.0125. The first kappa shape index (κ1) is 16.0. The molecule has 0 radical (unpaired) electrons. The second kappa shape index (κ2) is 6.43. The van der Waals surface area contributed by atoms with Gasteiger partial charge in [-0.25, -0.2) is 0 Å². The van der Waals surface area contributed by atoms with Gasteiger partial charge in [0.15, 0.2) is 11.5 Å². The third-order valence-electron chi connectivity index (χ3n) is 4.93. The minimum Gasteiger partial charge on any atom is -0.485 e. The van der Waals surface area contributed by atoms with E-state index in [0.717, 1.165) is 37.3 Å². The molecule has 0 aliphatic carbocycles. The summed E-state index contributed by atoms with van der Waals surface area (Å²) in [5.74, 6) is 1.35. The van der Waals surface area contributed by atoms with Crippen molar-refractivity contribution in [3.8, 4) is 11.5 Å². The van der Waals surface area contributed by atoms with Crippen molar-refractivity contribution < 1.29 is 14.3 Å². The summed E-state index contributed by atoms with van der Waals surface area (Å²) in [7, 11) is 0. The van der Waals surface area contributed by atoms with E-state index in [0.29, 0.717) is 11.5 Å². The molecule has 1 amide bonds. The number of hydrogen-bond donors (Lipinski definition) is 0. The van der Waals surface area contributed by atoms with E-state index in [2.05, 4.69) is 18.1 Å². The minimum atomic E-state index is -0.573. The monoisotopic (exact) mass is 341 g/mol. The number of para-hydroxylation sites is 2. The molecule has 0 bridgehead atoms. The maximum Gasteiger partial charge on any atom is 0.267 e. The lowest BCUT2D eigenvalue weighted by atomic mass is 10.2. The molecule has 2 aromatic rings. The molecule has 6 nitrogen and oxygen atoms in total. The Kier molecular flexibility index (Phi) is 4.11. The van der Waals surface area contributed by atoms with Crippen molar-refractivity contribution >= 4 is 5.91 Å². The first-order chi connectivity index (χ1) is 12.1. The summed E-state index contributed by atoms with van der Waals surface area (Å²) in [5.41, 5.74) is 2.14. The van der Waals surface area contributed by atoms with Crippen LogP contribution in [-0.4, -0.2) is 45.9 Å². The van der Waals surface area contributed by atoms with E-state index < -0.39 is 6.10 Å². The molecule has 3 heterocycles. The van der Waals surface area contributed by atoms with Gasteiger partial charge in [0.25, 0.3) is 5.91 Å². The van der Waals surface area contributed by atoms with Gasteiger partial charge in [-0.15, -0.1) is 0 Å². The molecule has 1 aromatic carbocycles. The summed E-state index contributed by atoms with van der Waals surface area (Å²) in [5, 5.41) is 4.53. The summed E-state index contributed by atoms with van der Waals surface area (Å²) >= 11 is 0. The van der Waals surface area contributed by atoms with E-state index >= 15 is 0 Å². The maximum atomic E-state index is 13.0. The van der Waals surface area contributed by atoms with Crippen molar-refractivity contribution in [3.63, 3.8) is 0 Å². The number of aryl methyl sites for hydroxylation is 2. The van der Waals surface area contributed by atoms with Crippen molar-refractivity contribution in [2.24, 2.45) is 0 Å². The van der Waals surface area contributed by atoms with Gasteiger partial charge in [0.1, 0.15) is 6.61 Å². The zero-order chi connectivity index (χ0) is 17.4. The highest BCUT2D eigenvalue weighted by molar-refractivity contribution is 5.82. The Hall–Kier alpha value is -2.50. The quantitative estimate of drug-likeness (QED) is 0.860. The van der Waals surface area contributed by atoms with Gasteiger partial charge in [0.2, 0.25) is 6.10 Å². The highest BCUT2D eigenvalue weighted by Gasteiger charge is 2.37. The molecule has 0 spiro atoms. The zero-order valence-corrected chi connectivity index (χ0v) is 14.6. The predicted octanol–water partition coefficient (Wildman–Crippen LogP) is 2.33. The van der Waals surface area contributed by atoms with Crippen LogP contribution in [0.2, 0.25) is 0 Å². The van der Waals surface area contributed by atoms with Crippen LogP contribution in [0.15, 0.2) is 30.3 Å². The number of carbonyl (C=O) groups is 1.